The summed E-state index contributed by atoms with van der Waals surface area (Å²) in [7, 11) is 0. The molecule has 1 aliphatic heterocycles. The van der Waals surface area contributed by atoms with Gasteiger partial charge in [0.2, 0.25) is 0 Å². The summed E-state index contributed by atoms with van der Waals surface area (Å²) in [5, 5.41) is 7.03. The fourth-order valence-corrected chi connectivity index (χ4v) is 2.07. The predicted molar refractivity (Wildman–Crippen MR) is 61.7 cm³/mol. The largest absolute Gasteiger partial charge is 0.317 e. The van der Waals surface area contributed by atoms with E-state index in [2.05, 4.69) is 28.6 Å². The van der Waals surface area contributed by atoms with Crippen molar-refractivity contribution in [1.29, 1.82) is 0 Å². The van der Waals surface area contributed by atoms with Crippen molar-refractivity contribution in [3.63, 3.8) is 0 Å². The van der Waals surface area contributed by atoms with Crippen molar-refractivity contribution in [2.45, 2.75) is 31.8 Å². The van der Waals surface area contributed by atoms with Crippen LogP contribution in [0, 0.1) is 0 Å². The molecule has 0 spiro atoms. The third kappa shape index (κ3) is 3.01. The molecule has 3 heteroatoms. The highest BCUT2D eigenvalue weighted by Gasteiger charge is 2.15. The van der Waals surface area contributed by atoms with Crippen LogP contribution in [-0.4, -0.2) is 24.1 Å². The zero-order valence-electron chi connectivity index (χ0n) is 9.24. The van der Waals surface area contributed by atoms with Gasteiger partial charge in [-0.1, -0.05) is 6.07 Å². The van der Waals surface area contributed by atoms with E-state index in [0.29, 0.717) is 12.1 Å². The van der Waals surface area contributed by atoms with E-state index < -0.39 is 0 Å². The van der Waals surface area contributed by atoms with Gasteiger partial charge in [0.25, 0.3) is 0 Å². The molecule has 1 saturated heterocycles. The summed E-state index contributed by atoms with van der Waals surface area (Å²) in [6.07, 6.45) is 6.22. The summed E-state index contributed by atoms with van der Waals surface area (Å²) in [6.45, 7) is 4.48. The van der Waals surface area contributed by atoms with E-state index >= 15 is 0 Å². The Morgan fingerprint density at radius 1 is 1.47 bits per heavy atom. The molecule has 0 aliphatic carbocycles. The maximum absolute atomic E-state index is 4.15. The van der Waals surface area contributed by atoms with Crippen molar-refractivity contribution in [2.24, 2.45) is 0 Å². The van der Waals surface area contributed by atoms with Gasteiger partial charge in [0.15, 0.2) is 0 Å². The monoisotopic (exact) mass is 205 g/mol. The lowest BCUT2D eigenvalue weighted by molar-refractivity contribution is 0.359. The summed E-state index contributed by atoms with van der Waals surface area (Å²) in [4.78, 5) is 4.15. The van der Waals surface area contributed by atoms with Crippen LogP contribution in [0.15, 0.2) is 24.5 Å². The van der Waals surface area contributed by atoms with Gasteiger partial charge in [0.05, 0.1) is 0 Å². The van der Waals surface area contributed by atoms with Crippen molar-refractivity contribution < 1.29 is 0 Å². The summed E-state index contributed by atoms with van der Waals surface area (Å²) in [6, 6.07) is 5.19. The Labute approximate surface area is 91.3 Å². The van der Waals surface area contributed by atoms with Crippen LogP contribution in [0.4, 0.5) is 0 Å². The molecular formula is C12H19N3. The average Bonchev–Trinajstić information content (AvgIpc) is 2.31. The second kappa shape index (κ2) is 5.24. The third-order valence-corrected chi connectivity index (χ3v) is 3.01. The van der Waals surface area contributed by atoms with E-state index in [1.54, 1.807) is 0 Å². The second-order valence-corrected chi connectivity index (χ2v) is 4.20. The fraction of sp³-hybridized carbons (Fsp3) is 0.583. The first-order valence-electron chi connectivity index (χ1n) is 5.73. The highest BCUT2D eigenvalue weighted by Crippen LogP contribution is 2.13. The molecule has 0 saturated carbocycles. The molecule has 0 unspecified atom stereocenters. The summed E-state index contributed by atoms with van der Waals surface area (Å²) in [5.41, 5.74) is 1.27. The molecule has 1 atom stereocenters. The predicted octanol–water partition coefficient (Wildman–Crippen LogP) is 1.48. The lowest BCUT2D eigenvalue weighted by Gasteiger charge is -2.27. The number of nitrogens with one attached hydrogen (secondary N) is 2. The van der Waals surface area contributed by atoms with Crippen LogP contribution < -0.4 is 10.6 Å². The molecule has 1 aromatic rings. The quantitative estimate of drug-likeness (QED) is 0.785. The topological polar surface area (TPSA) is 37.0 Å². The van der Waals surface area contributed by atoms with Crippen molar-refractivity contribution in [1.82, 2.24) is 15.6 Å². The molecule has 0 bridgehead atoms. The zero-order chi connectivity index (χ0) is 10.5. The van der Waals surface area contributed by atoms with Crippen LogP contribution in [0.1, 0.15) is 31.4 Å². The number of pyridine rings is 1. The Hall–Kier alpha value is -0.930. The molecule has 0 radical (unpaired) electrons. The smallest absolute Gasteiger partial charge is 0.0315 e. The standard InChI is InChI=1S/C12H19N3/c1-10(11-3-2-6-14-9-11)15-12-4-7-13-8-5-12/h2-3,6,9-10,12-13,15H,4-5,7-8H2,1H3/t10-/m0/s1. The lowest BCUT2D eigenvalue weighted by atomic mass is 10.0. The Morgan fingerprint density at radius 3 is 2.93 bits per heavy atom. The summed E-state index contributed by atoms with van der Waals surface area (Å²) >= 11 is 0. The van der Waals surface area contributed by atoms with Gasteiger partial charge in [-0.25, -0.2) is 0 Å². The average molecular weight is 205 g/mol. The second-order valence-electron chi connectivity index (χ2n) is 4.20. The van der Waals surface area contributed by atoms with Gasteiger partial charge in [-0.3, -0.25) is 4.98 Å². The third-order valence-electron chi connectivity index (χ3n) is 3.01. The zero-order valence-corrected chi connectivity index (χ0v) is 9.24. The van der Waals surface area contributed by atoms with E-state index in [-0.39, 0.29) is 0 Å². The molecule has 1 aromatic heterocycles. The lowest BCUT2D eigenvalue weighted by Crippen LogP contribution is -2.40. The number of hydrogen-bond acceptors (Lipinski definition) is 3. The number of nitrogens with zero attached hydrogens (tertiary/aromatic N) is 1. The van der Waals surface area contributed by atoms with Gasteiger partial charge in [-0.05, 0) is 44.5 Å². The van der Waals surface area contributed by atoms with Crippen LogP contribution in [0.5, 0.6) is 0 Å². The van der Waals surface area contributed by atoms with E-state index in [4.69, 9.17) is 0 Å². The molecular weight excluding hydrogens is 186 g/mol. The van der Waals surface area contributed by atoms with Gasteiger partial charge in [0.1, 0.15) is 0 Å². The minimum absolute atomic E-state index is 0.404. The Bertz CT molecular complexity index is 280. The molecule has 15 heavy (non-hydrogen) atoms. The molecule has 82 valence electrons. The number of hydrogen-bond donors (Lipinski definition) is 2. The van der Waals surface area contributed by atoms with Crippen molar-refractivity contribution in [3.05, 3.63) is 30.1 Å². The first-order chi connectivity index (χ1) is 7.36. The first-order valence-corrected chi connectivity index (χ1v) is 5.73. The molecule has 2 rings (SSSR count). The van der Waals surface area contributed by atoms with Gasteiger partial charge in [-0.2, -0.15) is 0 Å². The fourth-order valence-electron chi connectivity index (χ4n) is 2.07. The Balaban J connectivity index is 1.88. The molecule has 0 aromatic carbocycles. The summed E-state index contributed by atoms with van der Waals surface area (Å²) < 4.78 is 0. The van der Waals surface area contributed by atoms with E-state index in [0.717, 1.165) is 13.1 Å². The van der Waals surface area contributed by atoms with E-state index in [1.165, 1.54) is 18.4 Å². The Kier molecular flexibility index (Phi) is 3.69. The van der Waals surface area contributed by atoms with Crippen LogP contribution in [0.25, 0.3) is 0 Å². The highest BCUT2D eigenvalue weighted by molar-refractivity contribution is 5.13. The minimum atomic E-state index is 0.404. The van der Waals surface area contributed by atoms with Crippen molar-refractivity contribution in [2.75, 3.05) is 13.1 Å². The molecule has 0 amide bonds. The number of aromatic nitrogens is 1. The van der Waals surface area contributed by atoms with Crippen LogP contribution >= 0.6 is 0 Å². The van der Waals surface area contributed by atoms with Crippen LogP contribution in [0.3, 0.4) is 0 Å². The SMILES string of the molecule is C[C@H](NC1CCNCC1)c1cccnc1. The van der Waals surface area contributed by atoms with Crippen molar-refractivity contribution in [3.8, 4) is 0 Å². The molecule has 3 nitrogen and oxygen atoms in total. The maximum Gasteiger partial charge on any atom is 0.0315 e. The van der Waals surface area contributed by atoms with Crippen LogP contribution in [-0.2, 0) is 0 Å². The maximum atomic E-state index is 4.15. The van der Waals surface area contributed by atoms with Gasteiger partial charge in [0, 0.05) is 24.5 Å². The first kappa shape index (κ1) is 10.6. The van der Waals surface area contributed by atoms with Gasteiger partial charge >= 0.3 is 0 Å². The Morgan fingerprint density at radius 2 is 2.27 bits per heavy atom. The normalized spacial score (nSPS) is 20.1. The van der Waals surface area contributed by atoms with Gasteiger partial charge < -0.3 is 10.6 Å². The highest BCUT2D eigenvalue weighted by atomic mass is 15.0. The minimum Gasteiger partial charge on any atom is -0.317 e. The van der Waals surface area contributed by atoms with Crippen molar-refractivity contribution >= 4 is 0 Å². The molecule has 1 aliphatic rings. The number of rotatable bonds is 3. The molecule has 2 heterocycles. The van der Waals surface area contributed by atoms with E-state index in [1.807, 2.05) is 18.5 Å². The van der Waals surface area contributed by atoms with Crippen LogP contribution in [0.2, 0.25) is 0 Å². The molecule has 1 fully saturated rings. The van der Waals surface area contributed by atoms with Gasteiger partial charge in [-0.15, -0.1) is 0 Å². The number of piperidine rings is 1. The van der Waals surface area contributed by atoms with E-state index in [9.17, 15) is 0 Å². The summed E-state index contributed by atoms with van der Waals surface area (Å²) in [5.74, 6) is 0. The molecule has 2 N–H and O–H groups in total.